The van der Waals surface area contributed by atoms with Crippen LogP contribution in [0.4, 0.5) is 19.0 Å². The minimum absolute atomic E-state index is 0.112. The molecule has 104 valence electrons. The normalized spacial score (nSPS) is 17.5. The highest BCUT2D eigenvalue weighted by Crippen LogP contribution is 2.36. The standard InChI is InChI=1S/C12H13F3N2O2/c13-12(14,15)9-2-1-5-16-10(9)17-6-3-8(4-7-17)11(18)19/h1-2,5,8H,3-4,6-7H2,(H,18,19). The molecule has 4 nitrogen and oxygen atoms in total. The van der Waals surface area contributed by atoms with Gasteiger partial charge in [-0.1, -0.05) is 0 Å². The Kier molecular flexibility index (Phi) is 3.64. The van der Waals surface area contributed by atoms with Crippen LogP contribution in [0.3, 0.4) is 0 Å². The maximum atomic E-state index is 12.8. The number of halogens is 3. The van der Waals surface area contributed by atoms with E-state index in [9.17, 15) is 18.0 Å². The van der Waals surface area contributed by atoms with Gasteiger partial charge in [0.05, 0.1) is 11.5 Å². The number of hydrogen-bond donors (Lipinski definition) is 1. The van der Waals surface area contributed by atoms with Crippen molar-refractivity contribution in [3.8, 4) is 0 Å². The fraction of sp³-hybridized carbons (Fsp3) is 0.500. The SMILES string of the molecule is O=C(O)C1CCN(c2ncccc2C(F)(F)F)CC1. The molecule has 0 amide bonds. The third kappa shape index (κ3) is 2.97. The second-order valence-electron chi connectivity index (χ2n) is 4.47. The first-order valence-electron chi connectivity index (χ1n) is 5.89. The Hall–Kier alpha value is -1.79. The van der Waals surface area contributed by atoms with Crippen molar-refractivity contribution in [3.63, 3.8) is 0 Å². The summed E-state index contributed by atoms with van der Waals surface area (Å²) in [4.78, 5) is 16.1. The Morgan fingerprint density at radius 3 is 2.53 bits per heavy atom. The van der Waals surface area contributed by atoms with E-state index in [2.05, 4.69) is 4.98 Å². The molecule has 19 heavy (non-hydrogen) atoms. The zero-order valence-electron chi connectivity index (χ0n) is 10.0. The summed E-state index contributed by atoms with van der Waals surface area (Å²) in [5, 5.41) is 8.86. The zero-order valence-corrected chi connectivity index (χ0v) is 10.0. The first kappa shape index (κ1) is 13.6. The van der Waals surface area contributed by atoms with Crippen LogP contribution in [0.25, 0.3) is 0 Å². The molecule has 2 heterocycles. The van der Waals surface area contributed by atoms with Crippen LogP contribution in [0.1, 0.15) is 18.4 Å². The van der Waals surface area contributed by atoms with Gasteiger partial charge in [-0.15, -0.1) is 0 Å². The van der Waals surface area contributed by atoms with E-state index >= 15 is 0 Å². The molecule has 0 spiro atoms. The Morgan fingerprint density at radius 2 is 2.00 bits per heavy atom. The molecule has 1 saturated heterocycles. The van der Waals surface area contributed by atoms with E-state index in [-0.39, 0.29) is 18.9 Å². The summed E-state index contributed by atoms with van der Waals surface area (Å²) in [6, 6.07) is 2.24. The number of aromatic nitrogens is 1. The number of pyridine rings is 1. The molecule has 0 atom stereocenters. The van der Waals surface area contributed by atoms with Gasteiger partial charge in [-0.05, 0) is 25.0 Å². The van der Waals surface area contributed by atoms with Gasteiger partial charge in [0.1, 0.15) is 5.82 Å². The van der Waals surface area contributed by atoms with Crippen molar-refractivity contribution in [2.45, 2.75) is 19.0 Å². The summed E-state index contributed by atoms with van der Waals surface area (Å²) >= 11 is 0. The fourth-order valence-corrected chi connectivity index (χ4v) is 2.21. The molecule has 0 bridgehead atoms. The Bertz CT molecular complexity index is 468. The van der Waals surface area contributed by atoms with Crippen molar-refractivity contribution in [1.82, 2.24) is 4.98 Å². The number of carbonyl (C=O) groups is 1. The number of carboxylic acids is 1. The molecule has 1 N–H and O–H groups in total. The van der Waals surface area contributed by atoms with Gasteiger partial charge < -0.3 is 10.0 Å². The number of piperidine rings is 1. The maximum Gasteiger partial charge on any atom is 0.419 e. The van der Waals surface area contributed by atoms with Crippen molar-refractivity contribution in [2.24, 2.45) is 5.92 Å². The largest absolute Gasteiger partial charge is 0.481 e. The van der Waals surface area contributed by atoms with Gasteiger partial charge in [0, 0.05) is 19.3 Å². The summed E-state index contributed by atoms with van der Waals surface area (Å²) in [5.74, 6) is -1.48. The molecule has 1 fully saturated rings. The van der Waals surface area contributed by atoms with Crippen LogP contribution in [0, 0.1) is 5.92 Å². The average Bonchev–Trinajstić information content (AvgIpc) is 2.38. The summed E-state index contributed by atoms with van der Waals surface area (Å²) in [7, 11) is 0. The smallest absolute Gasteiger partial charge is 0.419 e. The highest BCUT2D eigenvalue weighted by atomic mass is 19.4. The minimum atomic E-state index is -4.45. The third-order valence-corrected chi connectivity index (χ3v) is 3.24. The molecule has 7 heteroatoms. The van der Waals surface area contributed by atoms with E-state index in [0.29, 0.717) is 12.8 Å². The Labute approximate surface area is 107 Å². The van der Waals surface area contributed by atoms with Gasteiger partial charge >= 0.3 is 12.1 Å². The van der Waals surface area contributed by atoms with E-state index in [1.54, 1.807) is 0 Å². The van der Waals surface area contributed by atoms with Crippen molar-refractivity contribution in [1.29, 1.82) is 0 Å². The van der Waals surface area contributed by atoms with Crippen LogP contribution in [0.5, 0.6) is 0 Å². The Balaban J connectivity index is 2.18. The lowest BCUT2D eigenvalue weighted by Gasteiger charge is -2.32. The Morgan fingerprint density at radius 1 is 1.37 bits per heavy atom. The van der Waals surface area contributed by atoms with E-state index in [0.717, 1.165) is 6.07 Å². The molecule has 0 saturated carbocycles. The molecule has 1 aliphatic heterocycles. The first-order chi connectivity index (χ1) is 8.89. The lowest BCUT2D eigenvalue weighted by atomic mass is 9.97. The molecular formula is C12H13F3N2O2. The molecular weight excluding hydrogens is 261 g/mol. The summed E-state index contributed by atoms with van der Waals surface area (Å²) in [6.07, 6.45) is -2.46. The van der Waals surface area contributed by atoms with Crippen LogP contribution in [-0.4, -0.2) is 29.1 Å². The van der Waals surface area contributed by atoms with Gasteiger partial charge in [-0.3, -0.25) is 4.79 Å². The molecule has 1 aliphatic rings. The van der Waals surface area contributed by atoms with E-state index < -0.39 is 23.6 Å². The van der Waals surface area contributed by atoms with E-state index in [4.69, 9.17) is 5.11 Å². The number of anilines is 1. The second kappa shape index (κ2) is 5.07. The zero-order chi connectivity index (χ0) is 14.0. The summed E-state index contributed by atoms with van der Waals surface area (Å²) < 4.78 is 38.5. The van der Waals surface area contributed by atoms with E-state index in [1.165, 1.54) is 17.2 Å². The second-order valence-corrected chi connectivity index (χ2v) is 4.47. The van der Waals surface area contributed by atoms with Gasteiger partial charge in [-0.25, -0.2) is 4.98 Å². The monoisotopic (exact) mass is 274 g/mol. The number of nitrogens with zero attached hydrogens (tertiary/aromatic N) is 2. The lowest BCUT2D eigenvalue weighted by molar-refractivity contribution is -0.142. The van der Waals surface area contributed by atoms with Gasteiger partial charge in [0.25, 0.3) is 0 Å². The van der Waals surface area contributed by atoms with Crippen molar-refractivity contribution in [2.75, 3.05) is 18.0 Å². The number of aliphatic carboxylic acids is 1. The number of hydrogen-bond acceptors (Lipinski definition) is 3. The molecule has 0 aliphatic carbocycles. The fourth-order valence-electron chi connectivity index (χ4n) is 2.21. The number of rotatable bonds is 2. The van der Waals surface area contributed by atoms with Crippen LogP contribution in [0.2, 0.25) is 0 Å². The average molecular weight is 274 g/mol. The van der Waals surface area contributed by atoms with Crippen LogP contribution in [-0.2, 0) is 11.0 Å². The third-order valence-electron chi connectivity index (χ3n) is 3.24. The van der Waals surface area contributed by atoms with Crippen LogP contribution in [0.15, 0.2) is 18.3 Å². The minimum Gasteiger partial charge on any atom is -0.481 e. The highest BCUT2D eigenvalue weighted by Gasteiger charge is 2.36. The van der Waals surface area contributed by atoms with Crippen molar-refractivity contribution >= 4 is 11.8 Å². The molecule has 1 aromatic heterocycles. The predicted molar refractivity (Wildman–Crippen MR) is 61.8 cm³/mol. The lowest BCUT2D eigenvalue weighted by Crippen LogP contribution is -2.37. The number of alkyl halides is 3. The predicted octanol–water partition coefficient (Wildman–Crippen LogP) is 2.40. The quantitative estimate of drug-likeness (QED) is 0.899. The van der Waals surface area contributed by atoms with Crippen LogP contribution >= 0.6 is 0 Å². The topological polar surface area (TPSA) is 53.4 Å². The molecule has 0 aromatic carbocycles. The van der Waals surface area contributed by atoms with Crippen molar-refractivity contribution < 1.29 is 23.1 Å². The van der Waals surface area contributed by atoms with Gasteiger partial charge in [0.15, 0.2) is 0 Å². The van der Waals surface area contributed by atoms with Gasteiger partial charge in [0.2, 0.25) is 0 Å². The first-order valence-corrected chi connectivity index (χ1v) is 5.89. The van der Waals surface area contributed by atoms with Gasteiger partial charge in [-0.2, -0.15) is 13.2 Å². The summed E-state index contributed by atoms with van der Waals surface area (Å²) in [5.41, 5.74) is -0.774. The van der Waals surface area contributed by atoms with Crippen LogP contribution < -0.4 is 4.90 Å². The molecule has 0 radical (unpaired) electrons. The maximum absolute atomic E-state index is 12.8. The van der Waals surface area contributed by atoms with E-state index in [1.807, 2.05) is 0 Å². The molecule has 1 aromatic rings. The molecule has 2 rings (SSSR count). The molecule has 0 unspecified atom stereocenters. The summed E-state index contributed by atoms with van der Waals surface area (Å²) in [6.45, 7) is 0.550. The highest BCUT2D eigenvalue weighted by molar-refractivity contribution is 5.70. The van der Waals surface area contributed by atoms with Crippen molar-refractivity contribution in [3.05, 3.63) is 23.9 Å². The number of carboxylic acid groups (broad SMARTS) is 1.